The molecule has 0 spiro atoms. The van der Waals surface area contributed by atoms with Crippen molar-refractivity contribution in [3.8, 4) is 11.1 Å². The molecule has 1 heterocycles. The van der Waals surface area contributed by atoms with E-state index >= 15 is 0 Å². The fraction of sp³-hybridized carbons (Fsp3) is 0.438. The summed E-state index contributed by atoms with van der Waals surface area (Å²) < 4.78 is 5.72. The van der Waals surface area contributed by atoms with Crippen molar-refractivity contribution in [2.45, 2.75) is 38.2 Å². The van der Waals surface area contributed by atoms with Crippen molar-refractivity contribution in [3.05, 3.63) is 35.5 Å². The first-order valence-electron chi connectivity index (χ1n) is 7.09. The molecular formula is C16H21N3O. The van der Waals surface area contributed by atoms with Crippen LogP contribution in [0.2, 0.25) is 0 Å². The number of anilines is 1. The number of benzene rings is 1. The second-order valence-electron chi connectivity index (χ2n) is 5.69. The predicted octanol–water partition coefficient (Wildman–Crippen LogP) is 3.08. The molecule has 3 rings (SSSR count). The highest BCUT2D eigenvalue weighted by Gasteiger charge is 2.38. The highest BCUT2D eigenvalue weighted by Crippen LogP contribution is 2.40. The summed E-state index contributed by atoms with van der Waals surface area (Å²) in [6, 6.07) is 8.27. The predicted molar refractivity (Wildman–Crippen MR) is 80.5 cm³/mol. The molecule has 4 nitrogen and oxygen atoms in total. The number of H-pyrrole nitrogens is 1. The lowest BCUT2D eigenvalue weighted by atomic mass is 9.76. The Labute approximate surface area is 119 Å². The number of nitrogens with zero attached hydrogens (tertiary/aromatic N) is 1. The number of ether oxygens (including phenoxy) is 1. The molecular weight excluding hydrogens is 250 g/mol. The number of nitrogen functional groups attached to an aromatic ring is 1. The van der Waals surface area contributed by atoms with Crippen LogP contribution in [0.3, 0.4) is 0 Å². The minimum absolute atomic E-state index is 0.0313. The molecule has 3 N–H and O–H groups in total. The smallest absolute Gasteiger partial charge is 0.153 e. The molecule has 1 aromatic carbocycles. The number of hydrogen-bond acceptors (Lipinski definition) is 3. The molecule has 1 fully saturated rings. The normalized spacial score (nSPS) is 16.9. The third-order valence-electron chi connectivity index (χ3n) is 4.48. The molecule has 1 aromatic heterocycles. The van der Waals surface area contributed by atoms with Gasteiger partial charge in [-0.1, -0.05) is 24.3 Å². The minimum Gasteiger partial charge on any atom is -0.382 e. The number of hydrogen-bond donors (Lipinski definition) is 2. The van der Waals surface area contributed by atoms with E-state index in [1.54, 1.807) is 7.11 Å². The standard InChI is InChI=1S/C16H21N3O/c1-11-6-3-4-7-12(11)14-13(18-19-15(14)17)10-16(20-2)8-5-9-16/h3-4,6-7H,5,8-10H2,1-2H3,(H3,17,18,19). The summed E-state index contributed by atoms with van der Waals surface area (Å²) in [5.41, 5.74) is 10.5. The monoisotopic (exact) mass is 271 g/mol. The van der Waals surface area contributed by atoms with Crippen LogP contribution < -0.4 is 5.73 Å². The van der Waals surface area contributed by atoms with Crippen LogP contribution in [0.5, 0.6) is 0 Å². The Hall–Kier alpha value is -1.81. The van der Waals surface area contributed by atoms with Crippen molar-refractivity contribution in [2.24, 2.45) is 0 Å². The van der Waals surface area contributed by atoms with Crippen molar-refractivity contribution >= 4 is 5.82 Å². The molecule has 0 radical (unpaired) electrons. The van der Waals surface area contributed by atoms with E-state index in [-0.39, 0.29) is 5.60 Å². The summed E-state index contributed by atoms with van der Waals surface area (Å²) in [6.07, 6.45) is 4.29. The topological polar surface area (TPSA) is 63.9 Å². The van der Waals surface area contributed by atoms with E-state index in [0.29, 0.717) is 5.82 Å². The van der Waals surface area contributed by atoms with Gasteiger partial charge in [-0.2, -0.15) is 5.10 Å². The van der Waals surface area contributed by atoms with E-state index in [9.17, 15) is 0 Å². The van der Waals surface area contributed by atoms with Gasteiger partial charge in [0.2, 0.25) is 0 Å². The Bertz CT molecular complexity index is 608. The van der Waals surface area contributed by atoms with Crippen LogP contribution in [0.4, 0.5) is 5.82 Å². The Morgan fingerprint density at radius 1 is 1.35 bits per heavy atom. The molecule has 0 aliphatic heterocycles. The van der Waals surface area contributed by atoms with E-state index in [1.807, 2.05) is 12.1 Å². The number of aromatic nitrogens is 2. The summed E-state index contributed by atoms with van der Waals surface area (Å²) in [6.45, 7) is 2.10. The molecule has 0 saturated heterocycles. The maximum atomic E-state index is 6.08. The fourth-order valence-electron chi connectivity index (χ4n) is 3.02. The van der Waals surface area contributed by atoms with Crippen molar-refractivity contribution < 1.29 is 4.74 Å². The first-order chi connectivity index (χ1) is 9.65. The largest absolute Gasteiger partial charge is 0.382 e. The first kappa shape index (κ1) is 13.2. The Kier molecular flexibility index (Phi) is 3.26. The molecule has 0 atom stereocenters. The number of nitrogens with one attached hydrogen (secondary N) is 1. The summed E-state index contributed by atoms with van der Waals surface area (Å²) in [5, 5.41) is 7.31. The van der Waals surface area contributed by atoms with Crippen LogP contribution in [0, 0.1) is 6.92 Å². The lowest BCUT2D eigenvalue weighted by Crippen LogP contribution is -2.41. The third kappa shape index (κ3) is 2.10. The van der Waals surface area contributed by atoms with Gasteiger partial charge in [-0.25, -0.2) is 0 Å². The number of aryl methyl sites for hydroxylation is 1. The first-order valence-corrected chi connectivity index (χ1v) is 7.09. The van der Waals surface area contributed by atoms with Gasteiger partial charge in [0.05, 0.1) is 5.60 Å². The van der Waals surface area contributed by atoms with Gasteiger partial charge in [-0.05, 0) is 37.3 Å². The number of aromatic amines is 1. The Balaban J connectivity index is 2.00. The molecule has 20 heavy (non-hydrogen) atoms. The van der Waals surface area contributed by atoms with Gasteiger partial charge in [0.25, 0.3) is 0 Å². The summed E-state index contributed by atoms with van der Waals surface area (Å²) in [7, 11) is 1.80. The summed E-state index contributed by atoms with van der Waals surface area (Å²) >= 11 is 0. The van der Waals surface area contributed by atoms with Gasteiger partial charge < -0.3 is 10.5 Å². The molecule has 1 aliphatic rings. The van der Waals surface area contributed by atoms with E-state index in [0.717, 1.165) is 36.1 Å². The van der Waals surface area contributed by atoms with Gasteiger partial charge >= 0.3 is 0 Å². The Morgan fingerprint density at radius 3 is 2.70 bits per heavy atom. The molecule has 1 saturated carbocycles. The maximum absolute atomic E-state index is 6.08. The van der Waals surface area contributed by atoms with E-state index < -0.39 is 0 Å². The number of methoxy groups -OCH3 is 1. The van der Waals surface area contributed by atoms with Crippen LogP contribution in [0.1, 0.15) is 30.5 Å². The average molecular weight is 271 g/mol. The fourth-order valence-corrected chi connectivity index (χ4v) is 3.02. The number of rotatable bonds is 4. The van der Waals surface area contributed by atoms with E-state index in [2.05, 4.69) is 29.3 Å². The van der Waals surface area contributed by atoms with Crippen LogP contribution in [0.15, 0.2) is 24.3 Å². The molecule has 0 amide bonds. The Morgan fingerprint density at radius 2 is 2.10 bits per heavy atom. The quantitative estimate of drug-likeness (QED) is 0.898. The molecule has 4 heteroatoms. The second-order valence-corrected chi connectivity index (χ2v) is 5.69. The highest BCUT2D eigenvalue weighted by molar-refractivity contribution is 5.78. The SMILES string of the molecule is COC1(Cc2[nH]nc(N)c2-c2ccccc2C)CCC1. The molecule has 0 bridgehead atoms. The lowest BCUT2D eigenvalue weighted by molar-refractivity contribution is -0.0713. The highest BCUT2D eigenvalue weighted by atomic mass is 16.5. The van der Waals surface area contributed by atoms with Crippen molar-refractivity contribution in [1.82, 2.24) is 10.2 Å². The van der Waals surface area contributed by atoms with Crippen LogP contribution >= 0.6 is 0 Å². The number of nitrogens with two attached hydrogens (primary N) is 1. The van der Waals surface area contributed by atoms with Gasteiger partial charge in [0, 0.05) is 24.8 Å². The van der Waals surface area contributed by atoms with Gasteiger partial charge in [0.15, 0.2) is 5.82 Å². The average Bonchev–Trinajstić information content (AvgIpc) is 2.76. The summed E-state index contributed by atoms with van der Waals surface area (Å²) in [5.74, 6) is 0.569. The van der Waals surface area contributed by atoms with Gasteiger partial charge in [0.1, 0.15) is 0 Å². The van der Waals surface area contributed by atoms with Crippen molar-refractivity contribution in [2.75, 3.05) is 12.8 Å². The van der Waals surface area contributed by atoms with Crippen molar-refractivity contribution in [3.63, 3.8) is 0 Å². The zero-order chi connectivity index (χ0) is 14.2. The van der Waals surface area contributed by atoms with Crippen LogP contribution in [0.25, 0.3) is 11.1 Å². The molecule has 0 unspecified atom stereocenters. The maximum Gasteiger partial charge on any atom is 0.153 e. The van der Waals surface area contributed by atoms with Gasteiger partial charge in [-0.15, -0.1) is 0 Å². The summed E-state index contributed by atoms with van der Waals surface area (Å²) in [4.78, 5) is 0. The third-order valence-corrected chi connectivity index (χ3v) is 4.48. The minimum atomic E-state index is -0.0313. The zero-order valence-electron chi connectivity index (χ0n) is 12.1. The zero-order valence-corrected chi connectivity index (χ0v) is 12.1. The second kappa shape index (κ2) is 4.94. The van der Waals surface area contributed by atoms with E-state index in [1.165, 1.54) is 12.0 Å². The molecule has 2 aromatic rings. The van der Waals surface area contributed by atoms with Crippen molar-refractivity contribution in [1.29, 1.82) is 0 Å². The van der Waals surface area contributed by atoms with E-state index in [4.69, 9.17) is 10.5 Å². The van der Waals surface area contributed by atoms with Crippen LogP contribution in [-0.4, -0.2) is 22.9 Å². The van der Waals surface area contributed by atoms with Gasteiger partial charge in [-0.3, -0.25) is 5.10 Å². The molecule has 106 valence electrons. The van der Waals surface area contributed by atoms with Crippen LogP contribution in [-0.2, 0) is 11.2 Å². The molecule has 1 aliphatic carbocycles. The lowest BCUT2D eigenvalue weighted by Gasteiger charge is -2.40.